The Bertz CT molecular complexity index is 216. The molecule has 4 nitrogen and oxygen atoms in total. The molecule has 0 bridgehead atoms. The molecule has 0 spiro atoms. The average Bonchev–Trinajstić information content (AvgIpc) is 2.50. The van der Waals surface area contributed by atoms with E-state index in [1.54, 1.807) is 11.8 Å². The Balaban J connectivity index is 2.50. The highest BCUT2D eigenvalue weighted by atomic mass is 16.2. The number of carbonyl (C=O) groups excluding carboxylic acids is 2. The fourth-order valence-corrected chi connectivity index (χ4v) is 1.54. The van der Waals surface area contributed by atoms with Crippen LogP contribution in [0.4, 0.5) is 0 Å². The largest absolute Gasteiger partial charge is 0.355 e. The molecule has 4 heteroatoms. The van der Waals surface area contributed by atoms with Crippen molar-refractivity contribution in [2.75, 3.05) is 13.1 Å². The third-order valence-electron chi connectivity index (χ3n) is 2.31. The maximum absolute atomic E-state index is 11.4. The Hall–Kier alpha value is -1.06. The minimum absolute atomic E-state index is 0.0576. The number of likely N-dealkylation sites (N-methyl/N-ethyl adjacent to an activating group) is 1. The van der Waals surface area contributed by atoms with Crippen LogP contribution in [-0.2, 0) is 9.59 Å². The number of hydrogen-bond donors (Lipinski definition) is 1. The fraction of sp³-hybridized carbons (Fsp3) is 0.778. The van der Waals surface area contributed by atoms with E-state index in [-0.39, 0.29) is 17.9 Å². The van der Waals surface area contributed by atoms with Gasteiger partial charge in [0.1, 0.15) is 6.04 Å². The molecule has 0 saturated carbocycles. The topological polar surface area (TPSA) is 49.4 Å². The van der Waals surface area contributed by atoms with Gasteiger partial charge < -0.3 is 10.2 Å². The van der Waals surface area contributed by atoms with Gasteiger partial charge in [-0.2, -0.15) is 0 Å². The van der Waals surface area contributed by atoms with Gasteiger partial charge in [0.15, 0.2) is 0 Å². The summed E-state index contributed by atoms with van der Waals surface area (Å²) in [7, 11) is 0. The number of nitrogens with one attached hydrogen (secondary N) is 1. The molecule has 1 N–H and O–H groups in total. The summed E-state index contributed by atoms with van der Waals surface area (Å²) in [5.74, 6) is 0.0384. The highest BCUT2D eigenvalue weighted by Gasteiger charge is 2.28. The van der Waals surface area contributed by atoms with Crippen LogP contribution < -0.4 is 5.32 Å². The van der Waals surface area contributed by atoms with Gasteiger partial charge in [0.25, 0.3) is 0 Å². The van der Waals surface area contributed by atoms with E-state index in [2.05, 4.69) is 5.32 Å². The number of hydrogen-bond acceptors (Lipinski definition) is 2. The van der Waals surface area contributed by atoms with Crippen molar-refractivity contribution in [3.63, 3.8) is 0 Å². The maximum atomic E-state index is 11.4. The van der Waals surface area contributed by atoms with Crippen molar-refractivity contribution in [1.29, 1.82) is 0 Å². The predicted octanol–water partition coefficient (Wildman–Crippen LogP) is 0.133. The van der Waals surface area contributed by atoms with Gasteiger partial charge in [-0.1, -0.05) is 0 Å². The summed E-state index contributed by atoms with van der Waals surface area (Å²) in [6.07, 6.45) is 1.46. The molecule has 0 aromatic carbocycles. The van der Waals surface area contributed by atoms with E-state index in [1.807, 2.05) is 6.92 Å². The molecule has 2 amide bonds. The van der Waals surface area contributed by atoms with Crippen molar-refractivity contribution in [2.45, 2.75) is 32.7 Å². The standard InChI is InChI=1S/C9H16N2O2/c1-3-10-9(13)7(2)11-6-4-5-8(11)12/h7H,3-6H2,1-2H3,(H,10,13). The maximum Gasteiger partial charge on any atom is 0.242 e. The molecule has 1 atom stereocenters. The van der Waals surface area contributed by atoms with Crippen molar-refractivity contribution in [1.82, 2.24) is 10.2 Å². The highest BCUT2D eigenvalue weighted by molar-refractivity contribution is 5.88. The van der Waals surface area contributed by atoms with Crippen LogP contribution in [0.1, 0.15) is 26.7 Å². The Morgan fingerprint density at radius 3 is 2.85 bits per heavy atom. The molecule has 1 heterocycles. The smallest absolute Gasteiger partial charge is 0.242 e. The molecule has 0 radical (unpaired) electrons. The van der Waals surface area contributed by atoms with Crippen molar-refractivity contribution in [3.05, 3.63) is 0 Å². The lowest BCUT2D eigenvalue weighted by Gasteiger charge is -2.22. The molecular weight excluding hydrogens is 168 g/mol. The summed E-state index contributed by atoms with van der Waals surface area (Å²) in [5, 5.41) is 2.71. The van der Waals surface area contributed by atoms with E-state index in [0.717, 1.165) is 13.0 Å². The monoisotopic (exact) mass is 184 g/mol. The molecule has 1 unspecified atom stereocenters. The Kier molecular flexibility index (Phi) is 3.28. The summed E-state index contributed by atoms with van der Waals surface area (Å²) in [4.78, 5) is 24.3. The van der Waals surface area contributed by atoms with Crippen molar-refractivity contribution >= 4 is 11.8 Å². The quantitative estimate of drug-likeness (QED) is 0.678. The molecule has 13 heavy (non-hydrogen) atoms. The van der Waals surface area contributed by atoms with Crippen molar-refractivity contribution in [3.8, 4) is 0 Å². The van der Waals surface area contributed by atoms with Crippen LogP contribution in [0.25, 0.3) is 0 Å². The van der Waals surface area contributed by atoms with E-state index in [4.69, 9.17) is 0 Å². The zero-order chi connectivity index (χ0) is 9.84. The normalized spacial score (nSPS) is 18.9. The Morgan fingerprint density at radius 2 is 2.38 bits per heavy atom. The van der Waals surface area contributed by atoms with Crippen LogP contribution in [0.3, 0.4) is 0 Å². The van der Waals surface area contributed by atoms with E-state index >= 15 is 0 Å². The van der Waals surface area contributed by atoms with Crippen molar-refractivity contribution < 1.29 is 9.59 Å². The third kappa shape index (κ3) is 2.20. The molecule has 1 fully saturated rings. The van der Waals surface area contributed by atoms with Gasteiger partial charge >= 0.3 is 0 Å². The minimum Gasteiger partial charge on any atom is -0.355 e. The molecule has 74 valence electrons. The van der Waals surface area contributed by atoms with Gasteiger partial charge in [0.2, 0.25) is 11.8 Å². The first-order valence-corrected chi connectivity index (χ1v) is 4.74. The van der Waals surface area contributed by atoms with Gasteiger partial charge in [0, 0.05) is 19.5 Å². The number of likely N-dealkylation sites (tertiary alicyclic amines) is 1. The number of carbonyl (C=O) groups is 2. The second kappa shape index (κ2) is 4.25. The lowest BCUT2D eigenvalue weighted by molar-refractivity contribution is -0.136. The van der Waals surface area contributed by atoms with Crippen LogP contribution in [0, 0.1) is 0 Å². The lowest BCUT2D eigenvalue weighted by atomic mass is 10.3. The molecule has 0 aromatic rings. The summed E-state index contributed by atoms with van der Waals surface area (Å²) in [6, 6.07) is -0.310. The van der Waals surface area contributed by atoms with Crippen LogP contribution >= 0.6 is 0 Å². The zero-order valence-corrected chi connectivity index (χ0v) is 8.17. The molecule has 1 rings (SSSR count). The molecule has 1 aliphatic rings. The van der Waals surface area contributed by atoms with Gasteiger partial charge in [-0.3, -0.25) is 9.59 Å². The number of rotatable bonds is 3. The summed E-state index contributed by atoms with van der Waals surface area (Å²) < 4.78 is 0. The lowest BCUT2D eigenvalue weighted by Crippen LogP contribution is -2.45. The number of amides is 2. The molecule has 0 aromatic heterocycles. The van der Waals surface area contributed by atoms with E-state index < -0.39 is 0 Å². The van der Waals surface area contributed by atoms with Crippen LogP contribution in [0.15, 0.2) is 0 Å². The van der Waals surface area contributed by atoms with Gasteiger partial charge in [-0.05, 0) is 20.3 Å². The zero-order valence-electron chi connectivity index (χ0n) is 8.17. The van der Waals surface area contributed by atoms with Gasteiger partial charge in [0.05, 0.1) is 0 Å². The van der Waals surface area contributed by atoms with Crippen LogP contribution in [0.2, 0.25) is 0 Å². The van der Waals surface area contributed by atoms with Gasteiger partial charge in [-0.15, -0.1) is 0 Å². The van der Waals surface area contributed by atoms with E-state index in [0.29, 0.717) is 13.0 Å². The van der Waals surface area contributed by atoms with Gasteiger partial charge in [-0.25, -0.2) is 0 Å². The molecule has 1 aliphatic heterocycles. The Morgan fingerprint density at radius 1 is 1.69 bits per heavy atom. The number of nitrogens with zero attached hydrogens (tertiary/aromatic N) is 1. The SMILES string of the molecule is CCNC(=O)C(C)N1CCCC1=O. The molecular formula is C9H16N2O2. The Labute approximate surface area is 78.3 Å². The average molecular weight is 184 g/mol. The summed E-state index contributed by atoms with van der Waals surface area (Å²) in [6.45, 7) is 4.98. The van der Waals surface area contributed by atoms with Crippen LogP contribution in [0.5, 0.6) is 0 Å². The molecule has 1 saturated heterocycles. The van der Waals surface area contributed by atoms with E-state index in [1.165, 1.54) is 0 Å². The fourth-order valence-electron chi connectivity index (χ4n) is 1.54. The van der Waals surface area contributed by atoms with Crippen LogP contribution in [-0.4, -0.2) is 35.8 Å². The van der Waals surface area contributed by atoms with Crippen molar-refractivity contribution in [2.24, 2.45) is 0 Å². The minimum atomic E-state index is -0.310. The van der Waals surface area contributed by atoms with E-state index in [9.17, 15) is 9.59 Å². The molecule has 0 aliphatic carbocycles. The first-order valence-electron chi connectivity index (χ1n) is 4.74. The predicted molar refractivity (Wildman–Crippen MR) is 49.1 cm³/mol. The second-order valence-corrected chi connectivity index (χ2v) is 3.26. The first-order chi connectivity index (χ1) is 6.16. The first kappa shape index (κ1) is 10.0. The summed E-state index contributed by atoms with van der Waals surface area (Å²) in [5.41, 5.74) is 0. The third-order valence-corrected chi connectivity index (χ3v) is 2.31. The highest BCUT2D eigenvalue weighted by Crippen LogP contribution is 2.13. The summed E-state index contributed by atoms with van der Waals surface area (Å²) >= 11 is 0. The second-order valence-electron chi connectivity index (χ2n) is 3.26.